The van der Waals surface area contributed by atoms with Crippen LogP contribution in [0.3, 0.4) is 0 Å². The third kappa shape index (κ3) is 3.54. The average Bonchev–Trinajstić information content (AvgIpc) is 2.95. The summed E-state index contributed by atoms with van der Waals surface area (Å²) in [5, 5.41) is 4.25. The zero-order valence-corrected chi connectivity index (χ0v) is 10.2. The molecule has 3 nitrogen and oxygen atoms in total. The van der Waals surface area contributed by atoms with E-state index in [1.807, 2.05) is 13.8 Å². The first-order valence-electron chi connectivity index (χ1n) is 5.53. The number of oxazole rings is 1. The molecule has 0 radical (unpaired) electrons. The lowest BCUT2D eigenvalue weighted by molar-refractivity contribution is 0.431. The van der Waals surface area contributed by atoms with Crippen LogP contribution in [-0.4, -0.2) is 23.8 Å². The molecule has 0 amide bonds. The molecule has 0 bridgehead atoms. The quantitative estimate of drug-likeness (QED) is 0.597. The molecule has 4 heteroatoms. The van der Waals surface area contributed by atoms with Crippen molar-refractivity contribution in [3.8, 4) is 0 Å². The van der Waals surface area contributed by atoms with Gasteiger partial charge in [-0.05, 0) is 39.2 Å². The second kappa shape index (κ2) is 5.03. The Kier molecular flexibility index (Phi) is 3.70. The molecule has 0 aliphatic heterocycles. The maximum absolute atomic E-state index is 5.48. The third-order valence-electron chi connectivity index (χ3n) is 2.64. The molecule has 1 aromatic heterocycles. The van der Waals surface area contributed by atoms with Crippen molar-refractivity contribution in [2.24, 2.45) is 5.92 Å². The van der Waals surface area contributed by atoms with Crippen LogP contribution >= 0.6 is 11.8 Å². The number of thioether (sulfide) groups is 1. The smallest absolute Gasteiger partial charge is 0.256 e. The van der Waals surface area contributed by atoms with Crippen LogP contribution in [0.25, 0.3) is 0 Å². The van der Waals surface area contributed by atoms with Crippen molar-refractivity contribution in [2.75, 3.05) is 18.8 Å². The molecule has 2 rings (SSSR count). The minimum Gasteiger partial charge on any atom is -0.437 e. The maximum Gasteiger partial charge on any atom is 0.256 e. The molecule has 1 aromatic rings. The van der Waals surface area contributed by atoms with Crippen LogP contribution in [-0.2, 0) is 0 Å². The first kappa shape index (κ1) is 11.0. The van der Waals surface area contributed by atoms with Crippen LogP contribution in [0.4, 0.5) is 0 Å². The van der Waals surface area contributed by atoms with Gasteiger partial charge in [-0.3, -0.25) is 0 Å². The van der Waals surface area contributed by atoms with Gasteiger partial charge in [0.15, 0.2) is 0 Å². The van der Waals surface area contributed by atoms with E-state index < -0.39 is 0 Å². The maximum atomic E-state index is 5.48. The summed E-state index contributed by atoms with van der Waals surface area (Å²) >= 11 is 1.69. The van der Waals surface area contributed by atoms with E-state index in [1.165, 1.54) is 19.4 Å². The highest BCUT2D eigenvalue weighted by molar-refractivity contribution is 7.99. The summed E-state index contributed by atoms with van der Waals surface area (Å²) in [6.07, 6.45) is 2.83. The van der Waals surface area contributed by atoms with Gasteiger partial charge in [0.25, 0.3) is 5.22 Å². The third-order valence-corrected chi connectivity index (χ3v) is 3.47. The number of aromatic nitrogens is 1. The SMILES string of the molecule is Cc1nc(SCCNCC2CC2)oc1C. The summed E-state index contributed by atoms with van der Waals surface area (Å²) < 4.78 is 5.48. The summed E-state index contributed by atoms with van der Waals surface area (Å²) in [6, 6.07) is 0. The number of hydrogen-bond acceptors (Lipinski definition) is 4. The highest BCUT2D eigenvalue weighted by Crippen LogP contribution is 2.27. The predicted molar refractivity (Wildman–Crippen MR) is 62.3 cm³/mol. The number of nitrogens with zero attached hydrogens (tertiary/aromatic N) is 1. The first-order valence-corrected chi connectivity index (χ1v) is 6.52. The van der Waals surface area contributed by atoms with E-state index in [0.29, 0.717) is 0 Å². The first-order chi connectivity index (χ1) is 7.25. The van der Waals surface area contributed by atoms with Gasteiger partial charge < -0.3 is 9.73 Å². The van der Waals surface area contributed by atoms with Gasteiger partial charge in [0.05, 0.1) is 5.69 Å². The zero-order valence-electron chi connectivity index (χ0n) is 9.38. The molecule has 0 aromatic carbocycles. The Morgan fingerprint density at radius 1 is 1.47 bits per heavy atom. The van der Waals surface area contributed by atoms with Gasteiger partial charge in [-0.2, -0.15) is 0 Å². The fourth-order valence-corrected chi connectivity index (χ4v) is 2.15. The van der Waals surface area contributed by atoms with Crippen molar-refractivity contribution in [3.63, 3.8) is 0 Å². The van der Waals surface area contributed by atoms with Crippen molar-refractivity contribution in [1.82, 2.24) is 10.3 Å². The average molecular weight is 226 g/mol. The number of rotatable bonds is 6. The Hall–Kier alpha value is -0.480. The summed E-state index contributed by atoms with van der Waals surface area (Å²) in [5.41, 5.74) is 1.00. The molecule has 0 unspecified atom stereocenters. The molecule has 1 saturated carbocycles. The summed E-state index contributed by atoms with van der Waals surface area (Å²) in [7, 11) is 0. The number of aryl methyl sites for hydroxylation is 2. The van der Waals surface area contributed by atoms with E-state index in [9.17, 15) is 0 Å². The monoisotopic (exact) mass is 226 g/mol. The van der Waals surface area contributed by atoms with Gasteiger partial charge in [0.1, 0.15) is 5.76 Å². The standard InChI is InChI=1S/C11H18N2OS/c1-8-9(2)14-11(13-8)15-6-5-12-7-10-3-4-10/h10,12H,3-7H2,1-2H3. The van der Waals surface area contributed by atoms with E-state index in [0.717, 1.165) is 34.9 Å². The topological polar surface area (TPSA) is 38.1 Å². The molecule has 1 aliphatic rings. The normalized spacial score (nSPS) is 15.9. The van der Waals surface area contributed by atoms with E-state index in [-0.39, 0.29) is 0 Å². The van der Waals surface area contributed by atoms with E-state index in [2.05, 4.69) is 10.3 Å². The van der Waals surface area contributed by atoms with Crippen LogP contribution < -0.4 is 5.32 Å². The van der Waals surface area contributed by atoms with Crippen molar-refractivity contribution in [1.29, 1.82) is 0 Å². The number of hydrogen-bond donors (Lipinski definition) is 1. The van der Waals surface area contributed by atoms with E-state index >= 15 is 0 Å². The van der Waals surface area contributed by atoms with E-state index in [4.69, 9.17) is 4.42 Å². The second-order valence-electron chi connectivity index (χ2n) is 4.12. The summed E-state index contributed by atoms with van der Waals surface area (Å²) in [4.78, 5) is 4.32. The van der Waals surface area contributed by atoms with Gasteiger partial charge in [0, 0.05) is 12.3 Å². The molecule has 0 atom stereocenters. The van der Waals surface area contributed by atoms with Crippen molar-refractivity contribution in [2.45, 2.75) is 31.9 Å². The minimum absolute atomic E-state index is 0.804. The molecule has 1 aliphatic carbocycles. The van der Waals surface area contributed by atoms with Crippen molar-refractivity contribution < 1.29 is 4.42 Å². The Bertz CT molecular complexity index is 301. The highest BCUT2D eigenvalue weighted by atomic mass is 32.2. The second-order valence-corrected chi connectivity index (χ2v) is 5.16. The molecule has 1 N–H and O–H groups in total. The molecule has 1 fully saturated rings. The van der Waals surface area contributed by atoms with Gasteiger partial charge >= 0.3 is 0 Å². The lowest BCUT2D eigenvalue weighted by Gasteiger charge is -2.00. The molecule has 0 spiro atoms. The van der Waals surface area contributed by atoms with Gasteiger partial charge in [0.2, 0.25) is 0 Å². The Balaban J connectivity index is 1.60. The Labute approximate surface area is 95.0 Å². The lowest BCUT2D eigenvalue weighted by Crippen LogP contribution is -2.19. The lowest BCUT2D eigenvalue weighted by atomic mass is 10.4. The van der Waals surface area contributed by atoms with Crippen molar-refractivity contribution >= 4 is 11.8 Å². The van der Waals surface area contributed by atoms with E-state index in [1.54, 1.807) is 11.8 Å². The predicted octanol–water partition coefficient (Wildman–Crippen LogP) is 2.38. The molecule has 15 heavy (non-hydrogen) atoms. The molecular weight excluding hydrogens is 208 g/mol. The minimum atomic E-state index is 0.804. The Morgan fingerprint density at radius 3 is 2.87 bits per heavy atom. The highest BCUT2D eigenvalue weighted by Gasteiger charge is 2.19. The van der Waals surface area contributed by atoms with Crippen molar-refractivity contribution in [3.05, 3.63) is 11.5 Å². The van der Waals surface area contributed by atoms with Crippen LogP contribution in [0.5, 0.6) is 0 Å². The zero-order chi connectivity index (χ0) is 10.7. The van der Waals surface area contributed by atoms with Crippen LogP contribution in [0.1, 0.15) is 24.3 Å². The largest absolute Gasteiger partial charge is 0.437 e. The van der Waals surface area contributed by atoms with Crippen LogP contribution in [0, 0.1) is 19.8 Å². The molecule has 1 heterocycles. The fourth-order valence-electron chi connectivity index (χ4n) is 1.34. The van der Waals surface area contributed by atoms with Gasteiger partial charge in [-0.25, -0.2) is 4.98 Å². The molecule has 84 valence electrons. The van der Waals surface area contributed by atoms with Crippen LogP contribution in [0.2, 0.25) is 0 Å². The molecular formula is C11H18N2OS. The van der Waals surface area contributed by atoms with Crippen LogP contribution in [0.15, 0.2) is 9.64 Å². The summed E-state index contributed by atoms with van der Waals surface area (Å²) in [6.45, 7) is 6.16. The fraction of sp³-hybridized carbons (Fsp3) is 0.727. The summed E-state index contributed by atoms with van der Waals surface area (Å²) in [5.74, 6) is 2.93. The van der Waals surface area contributed by atoms with Gasteiger partial charge in [-0.15, -0.1) is 0 Å². The number of nitrogens with one attached hydrogen (secondary N) is 1. The molecule has 0 saturated heterocycles. The Morgan fingerprint density at radius 2 is 2.27 bits per heavy atom. The van der Waals surface area contributed by atoms with Gasteiger partial charge in [-0.1, -0.05) is 11.8 Å².